The van der Waals surface area contributed by atoms with Crippen LogP contribution in [0.4, 0.5) is 0 Å². The van der Waals surface area contributed by atoms with Gasteiger partial charge in [0, 0.05) is 38.0 Å². The fourth-order valence-electron chi connectivity index (χ4n) is 7.37. The van der Waals surface area contributed by atoms with Crippen molar-refractivity contribution < 1.29 is 42.5 Å². The van der Waals surface area contributed by atoms with E-state index in [9.17, 15) is 17.8 Å². The van der Waals surface area contributed by atoms with Crippen LogP contribution in [0, 0.1) is 0 Å². The molecule has 12 rings (SSSR count). The number of nitrogens with zero attached hydrogens (tertiary/aromatic N) is 3. The van der Waals surface area contributed by atoms with Crippen LogP contribution in [0.2, 0.25) is 0 Å². The minimum atomic E-state index is -1.04. The van der Waals surface area contributed by atoms with Crippen LogP contribution in [0.3, 0.4) is 0 Å². The molecule has 3 heterocycles. The maximum Gasteiger partial charge on any atom is 0.0645 e. The molecular formula is C54H35N3. The lowest BCUT2D eigenvalue weighted by Crippen LogP contribution is -1.98. The van der Waals surface area contributed by atoms with Crippen molar-refractivity contribution in [2.45, 2.75) is 0 Å². The molecule has 0 amide bonds. The number of para-hydroxylation sites is 4. The van der Waals surface area contributed by atoms with Gasteiger partial charge in [0.15, 0.2) is 0 Å². The van der Waals surface area contributed by atoms with E-state index in [2.05, 4.69) is 0 Å². The summed E-state index contributed by atoms with van der Waals surface area (Å²) in [5.74, 6) is 0. The van der Waals surface area contributed by atoms with Gasteiger partial charge in [0.25, 0.3) is 0 Å². The third-order valence-corrected chi connectivity index (χ3v) is 9.65. The zero-order valence-electron chi connectivity index (χ0n) is 59.7. The van der Waals surface area contributed by atoms with E-state index in [0.29, 0.717) is 0 Å². The van der Waals surface area contributed by atoms with Gasteiger partial charge in [-0.3, -0.25) is 0 Å². The first-order valence-corrected chi connectivity index (χ1v) is 17.1. The highest BCUT2D eigenvalue weighted by molar-refractivity contribution is 6.19. The summed E-state index contributed by atoms with van der Waals surface area (Å²) in [4.78, 5) is 0. The van der Waals surface area contributed by atoms with Gasteiger partial charge in [-0.25, -0.2) is 0 Å². The number of benzene rings is 9. The molecular weight excluding hydrogens is 691 g/mol. The van der Waals surface area contributed by atoms with Crippen LogP contribution in [-0.2, 0) is 0 Å². The molecule has 3 nitrogen and oxygen atoms in total. The molecule has 0 radical (unpaired) electrons. The van der Waals surface area contributed by atoms with E-state index in [1.165, 1.54) is 24.3 Å². The lowest BCUT2D eigenvalue weighted by molar-refractivity contribution is 1.17. The molecule has 0 fully saturated rings. The van der Waals surface area contributed by atoms with Crippen LogP contribution in [-0.4, -0.2) is 13.7 Å². The normalized spacial score (nSPS) is 19.5. The molecule has 0 unspecified atom stereocenters. The molecule has 0 spiro atoms. The summed E-state index contributed by atoms with van der Waals surface area (Å²) in [6, 6.07) is -22.1. The summed E-state index contributed by atoms with van der Waals surface area (Å²) in [5, 5.41) is -3.31. The molecule has 0 bridgehead atoms. The van der Waals surface area contributed by atoms with E-state index in [4.69, 9.17) is 24.7 Å². The fourth-order valence-corrected chi connectivity index (χ4v) is 7.37. The van der Waals surface area contributed by atoms with Gasteiger partial charge in [0.05, 0.1) is 87.0 Å². The van der Waals surface area contributed by atoms with Crippen LogP contribution in [0.15, 0.2) is 212 Å². The average Bonchev–Trinajstić information content (AvgIpc) is 1.52. The van der Waals surface area contributed by atoms with Gasteiger partial charge in [0.1, 0.15) is 0 Å². The number of hydrogen-bond acceptors (Lipinski definition) is 0. The molecule has 12 aromatic rings. The number of aromatic nitrogens is 3. The van der Waals surface area contributed by atoms with Gasteiger partial charge < -0.3 is 13.7 Å². The average molecular weight is 757 g/mol. The Labute approximate surface area is 373 Å². The van der Waals surface area contributed by atoms with Gasteiger partial charge in [-0.15, -0.1) is 0 Å². The zero-order chi connectivity index (χ0) is 64.4. The third kappa shape index (κ3) is 4.73. The van der Waals surface area contributed by atoms with Crippen molar-refractivity contribution in [2.24, 2.45) is 0 Å². The van der Waals surface area contributed by atoms with Crippen molar-refractivity contribution in [3.05, 3.63) is 212 Å². The maximum atomic E-state index is 9.85. The standard InChI is InChI=1S/C54H35N3/c1-2-16-36(17-3-1)37-18-12-19-38(34-37)39-20-13-21-40(35-39)55-47-28-10-6-24-43(47)53-49(55)30-14-32-51(53)57-48-29-11-7-25-44(48)54-50(31-15-33-52(54)57)56-45-26-8-4-22-41(45)42-23-5-9-27-46(42)56/h1-35H/i1D,2D,3D,4D,5D,6D,7D,8D,9D,10D,11D,12D,14D,15D,16D,17D,18D,19D,22D,23D,24D,25D,26D,27D,28D,29D,30D,31D,32D,33D,34D. The van der Waals surface area contributed by atoms with Crippen LogP contribution < -0.4 is 0 Å². The van der Waals surface area contributed by atoms with E-state index in [1.54, 1.807) is 0 Å². The highest BCUT2D eigenvalue weighted by Crippen LogP contribution is 2.43. The zero-order valence-corrected chi connectivity index (χ0v) is 28.7. The summed E-state index contributed by atoms with van der Waals surface area (Å²) >= 11 is 0. The van der Waals surface area contributed by atoms with E-state index >= 15 is 0 Å². The molecule has 0 aliphatic heterocycles. The predicted octanol–water partition coefficient (Wildman–Crippen LogP) is 14.3. The minimum absolute atomic E-state index is 0.154. The number of hydrogen-bond donors (Lipinski definition) is 0. The Morgan fingerprint density at radius 1 is 0.316 bits per heavy atom. The van der Waals surface area contributed by atoms with E-state index in [1.807, 2.05) is 0 Å². The van der Waals surface area contributed by atoms with Crippen molar-refractivity contribution in [1.82, 2.24) is 13.7 Å². The van der Waals surface area contributed by atoms with Crippen molar-refractivity contribution in [3.8, 4) is 39.3 Å². The van der Waals surface area contributed by atoms with Crippen molar-refractivity contribution in [3.63, 3.8) is 0 Å². The smallest absolute Gasteiger partial charge is 0.0645 e. The lowest BCUT2D eigenvalue weighted by Gasteiger charge is -2.13. The Morgan fingerprint density at radius 2 is 0.737 bits per heavy atom. The van der Waals surface area contributed by atoms with Crippen molar-refractivity contribution >= 4 is 65.4 Å². The maximum absolute atomic E-state index is 9.85. The second kappa shape index (κ2) is 12.5. The number of rotatable bonds is 5. The SMILES string of the molecule is [2H]c1c([2H])c([2H])c(-c2c([2H])c([2H])c([2H])c(-c3cccc(-n4c5c([2H])c([2H])c([2H])c([2H])c5c5c(-n6c7c([2H])c([2H])c([2H])c([2H])c7c7c(-n8c9c([2H])c([2H])c([2H])c([2H])c9c9c([2H])c([2H])c([2H])c([2H])c98)c([2H])c([2H])c([2H])c76)c([2H])c([2H])c([2H])c54)c3)c2[2H])c([2H])c1[2H]. The fraction of sp³-hybridized carbons (Fsp3) is 0. The molecule has 3 aromatic heterocycles. The van der Waals surface area contributed by atoms with E-state index in [0.717, 1.165) is 13.7 Å². The minimum Gasteiger partial charge on any atom is -0.309 e. The quantitative estimate of drug-likeness (QED) is 0.166. The first-order valence-electron chi connectivity index (χ1n) is 32.6. The summed E-state index contributed by atoms with van der Waals surface area (Å²) < 4.78 is 285. The van der Waals surface area contributed by atoms with Gasteiger partial charge in [0.2, 0.25) is 0 Å². The lowest BCUT2D eigenvalue weighted by atomic mass is 9.99. The topological polar surface area (TPSA) is 14.8 Å². The Kier molecular flexibility index (Phi) is 3.02. The molecule has 0 saturated heterocycles. The predicted molar refractivity (Wildman–Crippen MR) is 240 cm³/mol. The first-order chi connectivity index (χ1) is 41.2. The van der Waals surface area contributed by atoms with Gasteiger partial charge in [-0.2, -0.15) is 0 Å². The Morgan fingerprint density at radius 3 is 1.35 bits per heavy atom. The second-order valence-electron chi connectivity index (χ2n) is 12.6. The molecule has 57 heavy (non-hydrogen) atoms. The van der Waals surface area contributed by atoms with E-state index < -0.39 is 281 Å². The molecule has 9 aromatic carbocycles. The Balaban J connectivity index is 1.30. The molecule has 0 saturated carbocycles. The van der Waals surface area contributed by atoms with Crippen molar-refractivity contribution in [1.29, 1.82) is 0 Å². The summed E-state index contributed by atoms with van der Waals surface area (Å²) in [6.07, 6.45) is 0. The first kappa shape index (κ1) is 13.8. The van der Waals surface area contributed by atoms with Gasteiger partial charge in [-0.1, -0.05) is 145 Å². The molecule has 3 heteroatoms. The monoisotopic (exact) mass is 756 g/mol. The van der Waals surface area contributed by atoms with Gasteiger partial charge >= 0.3 is 0 Å². The van der Waals surface area contributed by atoms with Crippen LogP contribution >= 0.6 is 0 Å². The summed E-state index contributed by atoms with van der Waals surface area (Å²) in [6.45, 7) is 0. The second-order valence-corrected chi connectivity index (χ2v) is 12.6. The molecule has 0 aliphatic rings. The Hall–Kier alpha value is -7.62. The molecule has 0 N–H and O–H groups in total. The molecule has 0 atom stereocenters. The molecule has 0 aliphatic carbocycles. The van der Waals surface area contributed by atoms with Crippen LogP contribution in [0.1, 0.15) is 42.5 Å². The van der Waals surface area contributed by atoms with E-state index in [-0.39, 0.29) is 11.3 Å². The highest BCUT2D eigenvalue weighted by Gasteiger charge is 2.22. The van der Waals surface area contributed by atoms with Crippen molar-refractivity contribution in [2.75, 3.05) is 0 Å². The number of fused-ring (bicyclic) bond motifs is 9. The van der Waals surface area contributed by atoms with Gasteiger partial charge in [-0.05, 0) is 88.8 Å². The Bertz CT molecular complexity index is 5240. The van der Waals surface area contributed by atoms with Crippen LogP contribution in [0.5, 0.6) is 0 Å². The molecule has 266 valence electrons. The highest BCUT2D eigenvalue weighted by atomic mass is 15.0. The summed E-state index contributed by atoms with van der Waals surface area (Å²) in [7, 11) is 0. The largest absolute Gasteiger partial charge is 0.309 e. The third-order valence-electron chi connectivity index (χ3n) is 9.65. The summed E-state index contributed by atoms with van der Waals surface area (Å²) in [5.41, 5.74) is -7.14. The van der Waals surface area contributed by atoms with Crippen LogP contribution in [0.25, 0.3) is 105 Å².